The van der Waals surface area contributed by atoms with E-state index in [2.05, 4.69) is 21.3 Å². The minimum absolute atomic E-state index is 0.0170. The molecule has 0 radical (unpaired) electrons. The summed E-state index contributed by atoms with van der Waals surface area (Å²) in [5.41, 5.74) is 4.94. The number of ether oxygens (including phenoxy) is 1. The zero-order valence-corrected chi connectivity index (χ0v) is 23.0. The van der Waals surface area contributed by atoms with Crippen LogP contribution in [0.4, 0.5) is 0 Å². The molecule has 0 aliphatic heterocycles. The van der Waals surface area contributed by atoms with E-state index in [-0.39, 0.29) is 43.9 Å². The minimum Gasteiger partial charge on any atom is -0.394 e. The van der Waals surface area contributed by atoms with Crippen molar-refractivity contribution in [3.05, 3.63) is 0 Å². The summed E-state index contributed by atoms with van der Waals surface area (Å²) >= 11 is 0. The van der Waals surface area contributed by atoms with Crippen LogP contribution >= 0.6 is 0 Å². The second kappa shape index (κ2) is 18.9. The summed E-state index contributed by atoms with van der Waals surface area (Å²) in [6.07, 6.45) is 1.03. The molecule has 0 aliphatic rings. The first kappa shape index (κ1) is 34.7. The number of carbonyl (C=O) groups excluding carboxylic acids is 6. The van der Waals surface area contributed by atoms with Gasteiger partial charge in [-0.3, -0.25) is 28.8 Å². The summed E-state index contributed by atoms with van der Waals surface area (Å²) in [6, 6.07) is -2.32. The predicted molar refractivity (Wildman–Crippen MR) is 138 cm³/mol. The molecular formula is C24H44N6O8. The average Bonchev–Trinajstić information content (AvgIpc) is 2.82. The van der Waals surface area contributed by atoms with Gasteiger partial charge in [0, 0.05) is 6.54 Å². The SMILES string of the molecule is CCCN(CC(=O)N[C@@H](CC(C)C)C(=O)NCC(=O)N[C@@H](CO)C(=O)NCC(N)=O)C(=O)CCOC(C)C. The van der Waals surface area contributed by atoms with Gasteiger partial charge in [-0.2, -0.15) is 0 Å². The highest BCUT2D eigenvalue weighted by Crippen LogP contribution is 2.06. The topological polar surface area (TPSA) is 209 Å². The normalized spacial score (nSPS) is 12.4. The molecule has 6 amide bonds. The molecule has 0 aliphatic carbocycles. The van der Waals surface area contributed by atoms with Crippen LogP contribution in [0.3, 0.4) is 0 Å². The maximum atomic E-state index is 12.8. The molecule has 0 saturated carbocycles. The second-order valence-electron chi connectivity index (χ2n) is 9.44. The molecule has 7 N–H and O–H groups in total. The third kappa shape index (κ3) is 15.8. The number of rotatable bonds is 19. The average molecular weight is 545 g/mol. The Morgan fingerprint density at radius 2 is 1.47 bits per heavy atom. The maximum absolute atomic E-state index is 12.8. The van der Waals surface area contributed by atoms with E-state index in [0.717, 1.165) is 0 Å². The Bertz CT molecular complexity index is 805. The van der Waals surface area contributed by atoms with E-state index in [0.29, 0.717) is 13.0 Å². The van der Waals surface area contributed by atoms with Crippen LogP contribution in [0.15, 0.2) is 0 Å². The summed E-state index contributed by atoms with van der Waals surface area (Å²) in [7, 11) is 0. The molecule has 0 spiro atoms. The standard InChI is InChI=1S/C24H44N6O8/c1-6-8-30(22(35)7-9-38-16(4)5)13-21(34)28-17(10-15(2)3)23(36)27-12-20(33)29-18(14-31)24(37)26-11-19(25)32/h15-18,31H,6-14H2,1-5H3,(H2,25,32)(H,26,37)(H,27,36)(H,28,34)(H,29,33)/t17-,18-/m0/s1. The van der Waals surface area contributed by atoms with Crippen LogP contribution in [0.25, 0.3) is 0 Å². The van der Waals surface area contributed by atoms with E-state index in [1.165, 1.54) is 4.90 Å². The first-order valence-electron chi connectivity index (χ1n) is 12.7. The number of nitrogens with one attached hydrogen (secondary N) is 4. The number of aliphatic hydroxyl groups is 1. The second-order valence-corrected chi connectivity index (χ2v) is 9.44. The van der Waals surface area contributed by atoms with Gasteiger partial charge in [-0.25, -0.2) is 0 Å². The number of amides is 6. The molecule has 14 heteroatoms. The van der Waals surface area contributed by atoms with Gasteiger partial charge in [0.15, 0.2) is 0 Å². The van der Waals surface area contributed by atoms with E-state index >= 15 is 0 Å². The number of nitrogens with zero attached hydrogens (tertiary/aromatic N) is 1. The third-order valence-electron chi connectivity index (χ3n) is 5.00. The zero-order valence-electron chi connectivity index (χ0n) is 23.0. The van der Waals surface area contributed by atoms with E-state index in [1.54, 1.807) is 0 Å². The molecule has 38 heavy (non-hydrogen) atoms. The molecule has 0 aromatic heterocycles. The molecule has 0 rings (SSSR count). The Hall–Kier alpha value is -3.26. The monoisotopic (exact) mass is 544 g/mol. The van der Waals surface area contributed by atoms with Crippen LogP contribution in [-0.4, -0.2) is 103 Å². The number of primary amides is 1. The first-order chi connectivity index (χ1) is 17.8. The van der Waals surface area contributed by atoms with Gasteiger partial charge in [0.1, 0.15) is 12.1 Å². The van der Waals surface area contributed by atoms with Gasteiger partial charge in [-0.1, -0.05) is 20.8 Å². The molecule has 0 bridgehead atoms. The van der Waals surface area contributed by atoms with Gasteiger partial charge < -0.3 is 41.7 Å². The number of hydrogen-bond acceptors (Lipinski definition) is 8. The van der Waals surface area contributed by atoms with Crippen LogP contribution in [0.1, 0.15) is 53.9 Å². The van der Waals surface area contributed by atoms with Crippen molar-refractivity contribution in [2.24, 2.45) is 11.7 Å². The van der Waals surface area contributed by atoms with Crippen molar-refractivity contribution in [1.29, 1.82) is 0 Å². The molecule has 14 nitrogen and oxygen atoms in total. The predicted octanol–water partition coefficient (Wildman–Crippen LogP) is -2.23. The zero-order chi connectivity index (χ0) is 29.3. The third-order valence-corrected chi connectivity index (χ3v) is 5.00. The van der Waals surface area contributed by atoms with Gasteiger partial charge in [0.05, 0.1) is 45.4 Å². The Labute approximate surface area is 223 Å². The van der Waals surface area contributed by atoms with E-state index in [4.69, 9.17) is 10.5 Å². The molecule has 0 heterocycles. The lowest BCUT2D eigenvalue weighted by Gasteiger charge is -2.25. The van der Waals surface area contributed by atoms with Crippen molar-refractivity contribution in [3.63, 3.8) is 0 Å². The Kier molecular flexibility index (Phi) is 17.3. The van der Waals surface area contributed by atoms with Gasteiger partial charge >= 0.3 is 0 Å². The van der Waals surface area contributed by atoms with Crippen LogP contribution in [0.2, 0.25) is 0 Å². The highest BCUT2D eigenvalue weighted by molar-refractivity contribution is 5.94. The number of aliphatic hydroxyl groups excluding tert-OH is 1. The van der Waals surface area contributed by atoms with E-state index < -0.39 is 61.3 Å². The van der Waals surface area contributed by atoms with Gasteiger partial charge in [-0.15, -0.1) is 0 Å². The van der Waals surface area contributed by atoms with E-state index in [9.17, 15) is 33.9 Å². The fourth-order valence-corrected chi connectivity index (χ4v) is 3.25. The Balaban J connectivity index is 5.01. The molecule has 0 saturated heterocycles. The molecule has 0 unspecified atom stereocenters. The smallest absolute Gasteiger partial charge is 0.245 e. The van der Waals surface area contributed by atoms with Crippen LogP contribution in [0, 0.1) is 5.92 Å². The van der Waals surface area contributed by atoms with Crippen LogP contribution in [0.5, 0.6) is 0 Å². The summed E-state index contributed by atoms with van der Waals surface area (Å²) in [4.78, 5) is 74.3. The summed E-state index contributed by atoms with van der Waals surface area (Å²) < 4.78 is 5.41. The molecule has 0 aromatic rings. The fourth-order valence-electron chi connectivity index (χ4n) is 3.25. The number of hydrogen-bond donors (Lipinski definition) is 6. The lowest BCUT2D eigenvalue weighted by Crippen LogP contribution is -2.54. The van der Waals surface area contributed by atoms with Crippen molar-refractivity contribution in [2.45, 2.75) is 72.1 Å². The minimum atomic E-state index is -1.35. The summed E-state index contributed by atoms with van der Waals surface area (Å²) in [5.74, 6) is -3.75. The molecule has 2 atom stereocenters. The highest BCUT2D eigenvalue weighted by atomic mass is 16.5. The molecule has 0 fully saturated rings. The highest BCUT2D eigenvalue weighted by Gasteiger charge is 2.25. The lowest BCUT2D eigenvalue weighted by molar-refractivity contribution is -0.138. The number of carbonyl (C=O) groups is 6. The lowest BCUT2D eigenvalue weighted by atomic mass is 10.0. The van der Waals surface area contributed by atoms with Crippen molar-refractivity contribution in [3.8, 4) is 0 Å². The first-order valence-corrected chi connectivity index (χ1v) is 12.7. The molecule has 0 aromatic carbocycles. The summed E-state index contributed by atoms with van der Waals surface area (Å²) in [6.45, 7) is 7.96. The van der Waals surface area contributed by atoms with Gasteiger partial charge in [0.2, 0.25) is 35.4 Å². The Morgan fingerprint density at radius 1 is 0.895 bits per heavy atom. The van der Waals surface area contributed by atoms with E-state index in [1.807, 2.05) is 34.6 Å². The quantitative estimate of drug-likeness (QED) is 0.104. The molecular weight excluding hydrogens is 500 g/mol. The summed E-state index contributed by atoms with van der Waals surface area (Å²) in [5, 5.41) is 18.8. The van der Waals surface area contributed by atoms with Crippen LogP contribution < -0.4 is 27.0 Å². The van der Waals surface area contributed by atoms with Crippen molar-refractivity contribution < 1.29 is 38.6 Å². The molecule has 218 valence electrons. The fraction of sp³-hybridized carbons (Fsp3) is 0.750. The van der Waals surface area contributed by atoms with Crippen molar-refractivity contribution in [2.75, 3.05) is 39.4 Å². The van der Waals surface area contributed by atoms with Crippen molar-refractivity contribution >= 4 is 35.4 Å². The number of nitrogens with two attached hydrogens (primary N) is 1. The van der Waals surface area contributed by atoms with Gasteiger partial charge in [0.25, 0.3) is 0 Å². The largest absolute Gasteiger partial charge is 0.394 e. The Morgan fingerprint density at radius 3 is 2.00 bits per heavy atom. The van der Waals surface area contributed by atoms with Crippen molar-refractivity contribution in [1.82, 2.24) is 26.2 Å². The van der Waals surface area contributed by atoms with Crippen LogP contribution in [-0.2, 0) is 33.5 Å². The van der Waals surface area contributed by atoms with Gasteiger partial charge in [-0.05, 0) is 32.6 Å². The maximum Gasteiger partial charge on any atom is 0.245 e.